The lowest BCUT2D eigenvalue weighted by atomic mass is 9.96. The number of hydrogen-bond donors (Lipinski definition) is 1. The summed E-state index contributed by atoms with van der Waals surface area (Å²) in [6.07, 6.45) is 2.44. The van der Waals surface area contributed by atoms with Crippen molar-refractivity contribution in [2.75, 3.05) is 18.0 Å². The summed E-state index contributed by atoms with van der Waals surface area (Å²) in [4.78, 5) is 20.7. The zero-order valence-electron chi connectivity index (χ0n) is 9.51. The Bertz CT molecular complexity index is 427. The van der Waals surface area contributed by atoms with E-state index in [0.717, 1.165) is 13.0 Å². The Kier molecular flexibility index (Phi) is 3.59. The summed E-state index contributed by atoms with van der Waals surface area (Å²) in [6.45, 7) is 3.23. The van der Waals surface area contributed by atoms with Crippen LogP contribution in [0.25, 0.3) is 0 Å². The number of aliphatic hydroxyl groups excluding tert-OH is 1. The van der Waals surface area contributed by atoms with E-state index in [2.05, 4.69) is 9.97 Å². The minimum atomic E-state index is -0.406. The molecule has 1 saturated heterocycles. The third-order valence-corrected chi connectivity index (χ3v) is 3.45. The van der Waals surface area contributed by atoms with Crippen LogP contribution in [0.2, 0.25) is 5.15 Å². The number of nitrogens with zero attached hydrogens (tertiary/aromatic N) is 3. The van der Waals surface area contributed by atoms with E-state index >= 15 is 0 Å². The third kappa shape index (κ3) is 2.40. The van der Waals surface area contributed by atoms with Gasteiger partial charge in [0.15, 0.2) is 6.29 Å². The molecule has 0 aromatic carbocycles. The van der Waals surface area contributed by atoms with E-state index in [1.165, 1.54) is 6.33 Å². The second kappa shape index (κ2) is 4.98. The maximum Gasteiger partial charge on any atom is 0.156 e. The average molecular weight is 256 g/mol. The van der Waals surface area contributed by atoms with Crippen LogP contribution in [0, 0.1) is 5.92 Å². The number of carbonyl (C=O) groups is 1. The molecule has 2 rings (SSSR count). The first kappa shape index (κ1) is 12.3. The number of carbonyl (C=O) groups excluding carboxylic acids is 1. The number of β-amino-alcohol motifs (C(OH)–C–C–N with tert-alkyl or cyclic N) is 1. The molecule has 1 aromatic heterocycles. The van der Waals surface area contributed by atoms with E-state index in [1.807, 2.05) is 11.8 Å². The van der Waals surface area contributed by atoms with Crippen molar-refractivity contribution in [3.63, 3.8) is 0 Å². The smallest absolute Gasteiger partial charge is 0.156 e. The van der Waals surface area contributed by atoms with E-state index < -0.39 is 6.10 Å². The van der Waals surface area contributed by atoms with Crippen molar-refractivity contribution in [1.82, 2.24) is 9.97 Å². The largest absolute Gasteiger partial charge is 0.391 e. The summed E-state index contributed by atoms with van der Waals surface area (Å²) in [5.74, 6) is 0.772. The predicted octanol–water partition coefficient (Wildman–Crippen LogP) is 1.15. The molecule has 0 spiro atoms. The van der Waals surface area contributed by atoms with Gasteiger partial charge in [-0.05, 0) is 12.3 Å². The highest BCUT2D eigenvalue weighted by Crippen LogP contribution is 2.26. The van der Waals surface area contributed by atoms with Crippen LogP contribution < -0.4 is 4.90 Å². The molecule has 0 bridgehead atoms. The lowest BCUT2D eigenvalue weighted by Crippen LogP contribution is -2.43. The van der Waals surface area contributed by atoms with Gasteiger partial charge in [-0.15, -0.1) is 0 Å². The van der Waals surface area contributed by atoms with Gasteiger partial charge in [0.05, 0.1) is 11.7 Å². The van der Waals surface area contributed by atoms with Gasteiger partial charge in [-0.2, -0.15) is 0 Å². The van der Waals surface area contributed by atoms with Gasteiger partial charge >= 0.3 is 0 Å². The summed E-state index contributed by atoms with van der Waals surface area (Å²) in [6, 6.07) is 0. The van der Waals surface area contributed by atoms with Crippen molar-refractivity contribution in [2.45, 2.75) is 19.4 Å². The van der Waals surface area contributed by atoms with Crippen LogP contribution >= 0.6 is 11.6 Å². The normalized spacial score (nSPS) is 24.8. The first-order valence-electron chi connectivity index (χ1n) is 5.52. The van der Waals surface area contributed by atoms with E-state index in [9.17, 15) is 9.90 Å². The minimum Gasteiger partial charge on any atom is -0.391 e. The number of rotatable bonds is 2. The molecule has 2 atom stereocenters. The molecule has 2 unspecified atom stereocenters. The summed E-state index contributed by atoms with van der Waals surface area (Å²) >= 11 is 5.84. The molecule has 1 N–H and O–H groups in total. The number of halogens is 1. The van der Waals surface area contributed by atoms with E-state index in [0.29, 0.717) is 18.6 Å². The Labute approximate surface area is 104 Å². The van der Waals surface area contributed by atoms with Crippen LogP contribution in [-0.4, -0.2) is 40.6 Å². The standard InChI is InChI=1S/C11H14ClN3O2/c1-7-2-3-15(4-9(7)17)11-8(5-16)10(12)13-6-14-11/h5-7,9,17H,2-4H2,1H3. The van der Waals surface area contributed by atoms with Gasteiger partial charge in [0.25, 0.3) is 0 Å². The van der Waals surface area contributed by atoms with E-state index in [4.69, 9.17) is 11.6 Å². The lowest BCUT2D eigenvalue weighted by molar-refractivity contribution is 0.102. The molecule has 1 aliphatic rings. The van der Waals surface area contributed by atoms with Crippen molar-refractivity contribution in [2.24, 2.45) is 5.92 Å². The van der Waals surface area contributed by atoms with Gasteiger partial charge in [0.2, 0.25) is 0 Å². The molecule has 5 nitrogen and oxygen atoms in total. The second-order valence-corrected chi connectivity index (χ2v) is 4.66. The van der Waals surface area contributed by atoms with Crippen LogP contribution in [0.15, 0.2) is 6.33 Å². The quantitative estimate of drug-likeness (QED) is 0.634. The minimum absolute atomic E-state index is 0.151. The second-order valence-electron chi connectivity index (χ2n) is 4.30. The Hall–Kier alpha value is -1.20. The number of aldehydes is 1. The van der Waals surface area contributed by atoms with Gasteiger partial charge in [0, 0.05) is 13.1 Å². The third-order valence-electron chi connectivity index (χ3n) is 3.15. The summed E-state index contributed by atoms with van der Waals surface area (Å²) in [5, 5.41) is 9.99. The van der Waals surface area contributed by atoms with Crippen LogP contribution in [0.1, 0.15) is 23.7 Å². The highest BCUT2D eigenvalue weighted by Gasteiger charge is 2.27. The molecule has 1 aliphatic heterocycles. The molecule has 0 aliphatic carbocycles. The lowest BCUT2D eigenvalue weighted by Gasteiger charge is -2.35. The maximum atomic E-state index is 11.0. The highest BCUT2D eigenvalue weighted by molar-refractivity contribution is 6.32. The van der Waals surface area contributed by atoms with Gasteiger partial charge < -0.3 is 10.0 Å². The van der Waals surface area contributed by atoms with Crippen LogP contribution in [0.4, 0.5) is 5.82 Å². The molecule has 0 amide bonds. The first-order valence-corrected chi connectivity index (χ1v) is 5.90. The fraction of sp³-hybridized carbons (Fsp3) is 0.545. The Morgan fingerprint density at radius 2 is 2.35 bits per heavy atom. The Morgan fingerprint density at radius 3 is 3.00 bits per heavy atom. The number of aliphatic hydroxyl groups is 1. The topological polar surface area (TPSA) is 66.3 Å². The van der Waals surface area contributed by atoms with Gasteiger partial charge in [-0.25, -0.2) is 9.97 Å². The van der Waals surface area contributed by atoms with Gasteiger partial charge in [-0.3, -0.25) is 4.79 Å². The molecule has 17 heavy (non-hydrogen) atoms. The summed E-state index contributed by atoms with van der Waals surface area (Å²) in [7, 11) is 0. The van der Waals surface area contributed by atoms with Crippen molar-refractivity contribution in [3.8, 4) is 0 Å². The fourth-order valence-electron chi connectivity index (χ4n) is 1.96. The Morgan fingerprint density at radius 1 is 1.59 bits per heavy atom. The highest BCUT2D eigenvalue weighted by atomic mass is 35.5. The number of piperidine rings is 1. The van der Waals surface area contributed by atoms with E-state index in [1.54, 1.807) is 0 Å². The molecule has 0 saturated carbocycles. The molecule has 0 radical (unpaired) electrons. The summed E-state index contributed by atoms with van der Waals surface area (Å²) in [5.41, 5.74) is 0.288. The number of anilines is 1. The SMILES string of the molecule is CC1CCN(c2ncnc(Cl)c2C=O)CC1O. The molecule has 6 heteroatoms. The number of aromatic nitrogens is 2. The molecule has 1 aromatic rings. The van der Waals surface area contributed by atoms with Gasteiger partial charge in [0.1, 0.15) is 17.3 Å². The molecular formula is C11H14ClN3O2. The average Bonchev–Trinajstić information content (AvgIpc) is 2.32. The van der Waals surface area contributed by atoms with Gasteiger partial charge in [-0.1, -0.05) is 18.5 Å². The zero-order valence-corrected chi connectivity index (χ0v) is 10.3. The first-order chi connectivity index (χ1) is 8.13. The van der Waals surface area contributed by atoms with Crippen molar-refractivity contribution in [3.05, 3.63) is 17.0 Å². The molecule has 1 fully saturated rings. The fourth-order valence-corrected chi connectivity index (χ4v) is 2.13. The molecule has 92 valence electrons. The monoisotopic (exact) mass is 255 g/mol. The van der Waals surface area contributed by atoms with Crippen LogP contribution in [0.3, 0.4) is 0 Å². The van der Waals surface area contributed by atoms with Crippen molar-refractivity contribution < 1.29 is 9.90 Å². The molecular weight excluding hydrogens is 242 g/mol. The van der Waals surface area contributed by atoms with Crippen LogP contribution in [0.5, 0.6) is 0 Å². The molecule has 2 heterocycles. The summed E-state index contributed by atoms with van der Waals surface area (Å²) < 4.78 is 0. The number of hydrogen-bond acceptors (Lipinski definition) is 5. The zero-order chi connectivity index (χ0) is 12.4. The predicted molar refractivity (Wildman–Crippen MR) is 64.4 cm³/mol. The van der Waals surface area contributed by atoms with Crippen molar-refractivity contribution in [1.29, 1.82) is 0 Å². The van der Waals surface area contributed by atoms with Crippen molar-refractivity contribution >= 4 is 23.7 Å². The van der Waals surface area contributed by atoms with Crippen LogP contribution in [-0.2, 0) is 0 Å². The maximum absolute atomic E-state index is 11.0. The van der Waals surface area contributed by atoms with E-state index in [-0.39, 0.29) is 16.6 Å². The Balaban J connectivity index is 2.28.